The minimum atomic E-state index is -0.0871. The van der Waals surface area contributed by atoms with E-state index in [0.717, 1.165) is 24.8 Å². The maximum atomic E-state index is 6.76. The van der Waals surface area contributed by atoms with Crippen LogP contribution in [0.15, 0.2) is 12.1 Å². The Morgan fingerprint density at radius 1 is 1.21 bits per heavy atom. The fourth-order valence-electron chi connectivity index (χ4n) is 3.09. The summed E-state index contributed by atoms with van der Waals surface area (Å²) in [5.74, 6) is 0.594. The molecule has 1 aromatic rings. The Morgan fingerprint density at radius 3 is 2.37 bits per heavy atom. The topological polar surface area (TPSA) is 9.23 Å². The van der Waals surface area contributed by atoms with Crippen molar-refractivity contribution in [2.45, 2.75) is 44.4 Å². The van der Waals surface area contributed by atoms with Crippen LogP contribution in [-0.4, -0.2) is 7.11 Å². The van der Waals surface area contributed by atoms with Crippen LogP contribution in [-0.2, 0) is 0 Å². The monoisotopic (exact) mass is 320 g/mol. The number of methoxy groups -OCH3 is 1. The molecule has 0 bridgehead atoms. The Kier molecular flexibility index (Phi) is 4.92. The first kappa shape index (κ1) is 15.3. The molecule has 1 saturated carbocycles. The van der Waals surface area contributed by atoms with Crippen molar-refractivity contribution in [1.29, 1.82) is 0 Å². The highest BCUT2D eigenvalue weighted by Gasteiger charge is 2.40. The van der Waals surface area contributed by atoms with Crippen molar-refractivity contribution >= 4 is 34.8 Å². The lowest BCUT2D eigenvalue weighted by atomic mass is 9.77. The van der Waals surface area contributed by atoms with Crippen LogP contribution in [0.4, 0.5) is 0 Å². The molecule has 19 heavy (non-hydrogen) atoms. The van der Waals surface area contributed by atoms with Gasteiger partial charge in [-0.2, -0.15) is 0 Å². The first-order valence-corrected chi connectivity index (χ1v) is 7.90. The predicted molar refractivity (Wildman–Crippen MR) is 82.8 cm³/mol. The predicted octanol–water partition coefficient (Wildman–Crippen LogP) is 6.25. The van der Waals surface area contributed by atoms with Crippen molar-refractivity contribution in [2.75, 3.05) is 7.11 Å². The van der Waals surface area contributed by atoms with Gasteiger partial charge in [-0.3, -0.25) is 0 Å². The Hall–Kier alpha value is -0.110. The van der Waals surface area contributed by atoms with Gasteiger partial charge in [-0.25, -0.2) is 0 Å². The normalized spacial score (nSPS) is 19.4. The maximum absolute atomic E-state index is 6.76. The molecule has 1 aromatic carbocycles. The third-order valence-electron chi connectivity index (χ3n) is 4.39. The quantitative estimate of drug-likeness (QED) is 0.595. The summed E-state index contributed by atoms with van der Waals surface area (Å²) in [7, 11) is 1.58. The van der Waals surface area contributed by atoms with Crippen LogP contribution in [0.25, 0.3) is 0 Å². The fraction of sp³-hybridized carbons (Fsp3) is 0.600. The highest BCUT2D eigenvalue weighted by Crippen LogP contribution is 2.54. The molecule has 1 unspecified atom stereocenters. The molecule has 0 amide bonds. The molecule has 0 aliphatic heterocycles. The maximum Gasteiger partial charge on any atom is 0.138 e. The second-order valence-electron chi connectivity index (χ2n) is 5.29. The van der Waals surface area contributed by atoms with Gasteiger partial charge in [0.05, 0.1) is 17.5 Å². The van der Waals surface area contributed by atoms with E-state index < -0.39 is 0 Å². The largest absolute Gasteiger partial charge is 0.495 e. The number of benzene rings is 1. The van der Waals surface area contributed by atoms with Crippen molar-refractivity contribution in [1.82, 2.24) is 0 Å². The van der Waals surface area contributed by atoms with E-state index >= 15 is 0 Å². The summed E-state index contributed by atoms with van der Waals surface area (Å²) in [6.07, 6.45) is 5.90. The number of ether oxygens (including phenoxy) is 1. The molecular formula is C15H19Cl3O. The Balaban J connectivity index is 2.38. The standard InChI is InChI=1S/C15H19Cl3O/c1-3-15(6-4-5-7-15)14(18)10-8-12(17)13(19-2)9-11(10)16/h8-9,14H,3-7H2,1-2H3. The molecule has 4 heteroatoms. The van der Waals surface area contributed by atoms with E-state index in [-0.39, 0.29) is 10.8 Å². The molecule has 2 rings (SSSR count). The zero-order chi connectivity index (χ0) is 14.0. The van der Waals surface area contributed by atoms with Crippen LogP contribution in [0.2, 0.25) is 10.0 Å². The van der Waals surface area contributed by atoms with Gasteiger partial charge in [-0.05, 0) is 36.3 Å². The van der Waals surface area contributed by atoms with E-state index in [1.54, 1.807) is 13.2 Å². The van der Waals surface area contributed by atoms with Crippen LogP contribution >= 0.6 is 34.8 Å². The van der Waals surface area contributed by atoms with E-state index in [1.165, 1.54) is 12.8 Å². The summed E-state index contributed by atoms with van der Waals surface area (Å²) in [6, 6.07) is 3.61. The molecule has 1 aliphatic carbocycles. The molecule has 0 N–H and O–H groups in total. The van der Waals surface area contributed by atoms with E-state index in [4.69, 9.17) is 39.5 Å². The molecule has 0 saturated heterocycles. The average molecular weight is 322 g/mol. The van der Waals surface area contributed by atoms with Gasteiger partial charge in [0, 0.05) is 11.1 Å². The van der Waals surface area contributed by atoms with Crippen LogP contribution in [0.1, 0.15) is 50.0 Å². The van der Waals surface area contributed by atoms with Crippen LogP contribution < -0.4 is 4.74 Å². The Labute approximate surface area is 130 Å². The second-order valence-corrected chi connectivity index (χ2v) is 6.54. The third-order valence-corrected chi connectivity index (χ3v) is 5.71. The fourth-order valence-corrected chi connectivity index (χ4v) is 4.21. The summed E-state index contributed by atoms with van der Waals surface area (Å²) in [5.41, 5.74) is 1.08. The van der Waals surface area contributed by atoms with Crippen LogP contribution in [0, 0.1) is 5.41 Å². The molecule has 1 fully saturated rings. The summed E-state index contributed by atoms with van der Waals surface area (Å²) in [4.78, 5) is 0. The molecule has 1 atom stereocenters. The van der Waals surface area contributed by atoms with Crippen LogP contribution in [0.5, 0.6) is 5.75 Å². The van der Waals surface area contributed by atoms with Gasteiger partial charge < -0.3 is 4.74 Å². The van der Waals surface area contributed by atoms with E-state index in [9.17, 15) is 0 Å². The summed E-state index contributed by atoms with van der Waals surface area (Å²) < 4.78 is 5.18. The van der Waals surface area contributed by atoms with E-state index in [1.807, 2.05) is 6.07 Å². The molecule has 0 spiro atoms. The van der Waals surface area contributed by atoms with Crippen molar-refractivity contribution in [3.8, 4) is 5.75 Å². The van der Waals surface area contributed by atoms with E-state index in [2.05, 4.69) is 6.92 Å². The van der Waals surface area contributed by atoms with Gasteiger partial charge in [-0.1, -0.05) is 43.0 Å². The second kappa shape index (κ2) is 6.11. The van der Waals surface area contributed by atoms with Gasteiger partial charge in [0.25, 0.3) is 0 Å². The van der Waals surface area contributed by atoms with Crippen molar-refractivity contribution in [3.05, 3.63) is 27.7 Å². The summed E-state index contributed by atoms with van der Waals surface area (Å²) in [6.45, 7) is 2.21. The number of halogens is 3. The zero-order valence-electron chi connectivity index (χ0n) is 11.3. The summed E-state index contributed by atoms with van der Waals surface area (Å²) in [5, 5.41) is 1.12. The van der Waals surface area contributed by atoms with Crippen molar-refractivity contribution < 1.29 is 4.74 Å². The SMILES string of the molecule is CCC1(C(Cl)c2cc(Cl)c(OC)cc2Cl)CCCC1. The zero-order valence-corrected chi connectivity index (χ0v) is 13.6. The van der Waals surface area contributed by atoms with Gasteiger partial charge in [0.15, 0.2) is 0 Å². The first-order valence-electron chi connectivity index (χ1n) is 6.71. The average Bonchev–Trinajstić information content (AvgIpc) is 2.90. The molecule has 1 nitrogen and oxygen atoms in total. The Morgan fingerprint density at radius 2 is 1.84 bits per heavy atom. The number of hydrogen-bond acceptors (Lipinski definition) is 1. The first-order chi connectivity index (χ1) is 9.04. The van der Waals surface area contributed by atoms with Crippen LogP contribution in [0.3, 0.4) is 0 Å². The molecule has 106 valence electrons. The lowest BCUT2D eigenvalue weighted by molar-refractivity contribution is 0.271. The summed E-state index contributed by atoms with van der Waals surface area (Å²) >= 11 is 19.3. The molecule has 0 aromatic heterocycles. The lowest BCUT2D eigenvalue weighted by Crippen LogP contribution is -2.21. The lowest BCUT2D eigenvalue weighted by Gasteiger charge is -2.33. The molecule has 0 heterocycles. The molecule has 0 radical (unpaired) electrons. The molecule has 1 aliphatic rings. The Bertz CT molecular complexity index is 453. The number of rotatable bonds is 4. The van der Waals surface area contributed by atoms with E-state index in [0.29, 0.717) is 15.8 Å². The number of alkyl halides is 1. The van der Waals surface area contributed by atoms with Gasteiger partial charge in [-0.15, -0.1) is 11.6 Å². The van der Waals surface area contributed by atoms with Gasteiger partial charge >= 0.3 is 0 Å². The highest BCUT2D eigenvalue weighted by molar-refractivity contribution is 6.35. The smallest absolute Gasteiger partial charge is 0.138 e. The minimum Gasteiger partial charge on any atom is -0.495 e. The molecular weight excluding hydrogens is 303 g/mol. The number of hydrogen-bond donors (Lipinski definition) is 0. The van der Waals surface area contributed by atoms with Crippen molar-refractivity contribution in [2.24, 2.45) is 5.41 Å². The highest BCUT2D eigenvalue weighted by atomic mass is 35.5. The minimum absolute atomic E-state index is 0.0871. The van der Waals surface area contributed by atoms with Crippen molar-refractivity contribution in [3.63, 3.8) is 0 Å². The third kappa shape index (κ3) is 2.84. The van der Waals surface area contributed by atoms with Gasteiger partial charge in [0.1, 0.15) is 5.75 Å². The van der Waals surface area contributed by atoms with Gasteiger partial charge in [0.2, 0.25) is 0 Å².